The number of carbonyl (C=O) groups is 2. The van der Waals surface area contributed by atoms with E-state index in [0.717, 1.165) is 11.4 Å². The van der Waals surface area contributed by atoms with Gasteiger partial charge in [-0.25, -0.2) is 9.48 Å². The van der Waals surface area contributed by atoms with Crippen molar-refractivity contribution in [3.63, 3.8) is 0 Å². The lowest BCUT2D eigenvalue weighted by molar-refractivity contribution is -0.124. The topological polar surface area (TPSA) is 79.3 Å². The summed E-state index contributed by atoms with van der Waals surface area (Å²) in [6.45, 7) is 4.02. The van der Waals surface area contributed by atoms with E-state index in [1.807, 2.05) is 43.5 Å². The zero-order chi connectivity index (χ0) is 17.7. The Bertz CT molecular complexity index is 725. The van der Waals surface area contributed by atoms with E-state index in [9.17, 15) is 9.59 Å². The van der Waals surface area contributed by atoms with Crippen LogP contribution in [-0.2, 0) is 4.79 Å². The predicted octanol–water partition coefficient (Wildman–Crippen LogP) is 2.03. The lowest BCUT2D eigenvalue weighted by atomic mass is 10.1. The highest BCUT2D eigenvalue weighted by molar-refractivity contribution is 5.91. The number of nitrogens with one attached hydrogen (secondary N) is 2. The van der Waals surface area contributed by atoms with Gasteiger partial charge in [0.1, 0.15) is 0 Å². The van der Waals surface area contributed by atoms with E-state index in [2.05, 4.69) is 15.7 Å². The summed E-state index contributed by atoms with van der Waals surface area (Å²) < 4.78 is 1.72. The third-order valence-corrected chi connectivity index (χ3v) is 3.70. The molecule has 0 fully saturated rings. The Morgan fingerprint density at radius 3 is 2.62 bits per heavy atom. The van der Waals surface area contributed by atoms with Gasteiger partial charge in [-0.3, -0.25) is 4.79 Å². The van der Waals surface area contributed by atoms with Gasteiger partial charge in [0.25, 0.3) is 0 Å². The van der Waals surface area contributed by atoms with Crippen LogP contribution in [-0.4, -0.2) is 47.3 Å². The first-order valence-electron chi connectivity index (χ1n) is 7.77. The van der Waals surface area contributed by atoms with E-state index < -0.39 is 0 Å². The van der Waals surface area contributed by atoms with Crippen molar-refractivity contribution in [3.8, 4) is 5.69 Å². The number of urea groups is 1. The van der Waals surface area contributed by atoms with Crippen LogP contribution in [0.2, 0.25) is 0 Å². The average molecular weight is 329 g/mol. The molecule has 7 nitrogen and oxygen atoms in total. The number of aryl methyl sites for hydroxylation is 1. The molecule has 1 aromatic carbocycles. The van der Waals surface area contributed by atoms with Gasteiger partial charge in [-0.2, -0.15) is 5.10 Å². The first-order valence-corrected chi connectivity index (χ1v) is 7.77. The highest BCUT2D eigenvalue weighted by Crippen LogP contribution is 2.20. The van der Waals surface area contributed by atoms with Gasteiger partial charge in [0, 0.05) is 26.8 Å². The van der Waals surface area contributed by atoms with E-state index in [-0.39, 0.29) is 17.9 Å². The third kappa shape index (κ3) is 4.13. The van der Waals surface area contributed by atoms with Crippen LogP contribution in [0.15, 0.2) is 36.5 Å². The quantitative estimate of drug-likeness (QED) is 0.881. The molecular weight excluding hydrogens is 306 g/mol. The molecular formula is C17H23N5O2. The van der Waals surface area contributed by atoms with Crippen LogP contribution in [0.4, 0.5) is 10.5 Å². The van der Waals surface area contributed by atoms with Crippen LogP contribution >= 0.6 is 0 Å². The first kappa shape index (κ1) is 17.5. The van der Waals surface area contributed by atoms with Gasteiger partial charge in [-0.1, -0.05) is 19.1 Å². The number of carbonyl (C=O) groups excluding carboxylic acids is 2. The molecule has 0 saturated carbocycles. The number of amides is 3. The van der Waals surface area contributed by atoms with Crippen LogP contribution < -0.4 is 10.6 Å². The van der Waals surface area contributed by atoms with E-state index in [1.54, 1.807) is 25.7 Å². The summed E-state index contributed by atoms with van der Waals surface area (Å²) in [5, 5.41) is 9.83. The lowest BCUT2D eigenvalue weighted by Crippen LogP contribution is -2.39. The van der Waals surface area contributed by atoms with Gasteiger partial charge >= 0.3 is 6.03 Å². The number of hydrogen-bond acceptors (Lipinski definition) is 3. The number of para-hydroxylation sites is 2. The molecule has 0 aliphatic heterocycles. The highest BCUT2D eigenvalue weighted by Gasteiger charge is 2.18. The molecule has 0 aliphatic rings. The minimum absolute atomic E-state index is 0.0953. The molecule has 24 heavy (non-hydrogen) atoms. The summed E-state index contributed by atoms with van der Waals surface area (Å²) in [7, 11) is 3.25. The second kappa shape index (κ2) is 7.63. The minimum atomic E-state index is -0.283. The largest absolute Gasteiger partial charge is 0.359 e. The summed E-state index contributed by atoms with van der Waals surface area (Å²) in [5.41, 5.74) is 2.34. The SMILES string of the molecule is CNC(=O)[C@H](C)CN(C)C(=O)Nc1ccccc1-n1ccc(C)n1. The fraction of sp³-hybridized carbons (Fsp3) is 0.353. The Hall–Kier alpha value is -2.83. The maximum absolute atomic E-state index is 12.4. The second-order valence-electron chi connectivity index (χ2n) is 5.74. The third-order valence-electron chi connectivity index (χ3n) is 3.70. The maximum Gasteiger partial charge on any atom is 0.321 e. The van der Waals surface area contributed by atoms with Gasteiger partial charge in [0.2, 0.25) is 5.91 Å². The smallest absolute Gasteiger partial charge is 0.321 e. The van der Waals surface area contributed by atoms with Crippen LogP contribution in [0.25, 0.3) is 5.69 Å². The first-order chi connectivity index (χ1) is 11.4. The second-order valence-corrected chi connectivity index (χ2v) is 5.74. The molecule has 1 heterocycles. The molecule has 128 valence electrons. The maximum atomic E-state index is 12.4. The summed E-state index contributed by atoms with van der Waals surface area (Å²) >= 11 is 0. The van der Waals surface area contributed by atoms with E-state index >= 15 is 0 Å². The molecule has 0 bridgehead atoms. The minimum Gasteiger partial charge on any atom is -0.359 e. The molecule has 2 N–H and O–H groups in total. The van der Waals surface area contributed by atoms with Crippen LogP contribution in [0, 0.1) is 12.8 Å². The molecule has 7 heteroatoms. The van der Waals surface area contributed by atoms with Crippen molar-refractivity contribution in [2.24, 2.45) is 5.92 Å². The normalized spacial score (nSPS) is 11.7. The van der Waals surface area contributed by atoms with Crippen molar-refractivity contribution in [2.45, 2.75) is 13.8 Å². The van der Waals surface area contributed by atoms with Crippen molar-refractivity contribution >= 4 is 17.6 Å². The number of rotatable bonds is 5. The molecule has 3 amide bonds. The van der Waals surface area contributed by atoms with Crippen molar-refractivity contribution < 1.29 is 9.59 Å². The summed E-state index contributed by atoms with van der Waals surface area (Å²) in [6.07, 6.45) is 1.84. The average Bonchev–Trinajstić information content (AvgIpc) is 3.00. The molecule has 0 aliphatic carbocycles. The fourth-order valence-corrected chi connectivity index (χ4v) is 2.36. The number of benzene rings is 1. The molecule has 2 rings (SSSR count). The summed E-state index contributed by atoms with van der Waals surface area (Å²) in [6, 6.07) is 9.06. The molecule has 1 atom stereocenters. The van der Waals surface area contributed by atoms with Gasteiger partial charge in [-0.15, -0.1) is 0 Å². The number of hydrogen-bond donors (Lipinski definition) is 2. The predicted molar refractivity (Wildman–Crippen MR) is 93.2 cm³/mol. The number of anilines is 1. The fourth-order valence-electron chi connectivity index (χ4n) is 2.36. The van der Waals surface area contributed by atoms with Crippen LogP contribution in [0.1, 0.15) is 12.6 Å². The number of aromatic nitrogens is 2. The molecule has 2 aromatic rings. The van der Waals surface area contributed by atoms with Gasteiger partial charge in [-0.05, 0) is 25.1 Å². The van der Waals surface area contributed by atoms with Gasteiger partial charge < -0.3 is 15.5 Å². The van der Waals surface area contributed by atoms with E-state index in [0.29, 0.717) is 12.2 Å². The van der Waals surface area contributed by atoms with E-state index in [4.69, 9.17) is 0 Å². The Balaban J connectivity index is 2.11. The Kier molecular flexibility index (Phi) is 5.57. The van der Waals surface area contributed by atoms with Gasteiger partial charge in [0.15, 0.2) is 0 Å². The van der Waals surface area contributed by atoms with Crippen LogP contribution in [0.3, 0.4) is 0 Å². The summed E-state index contributed by atoms with van der Waals surface area (Å²) in [4.78, 5) is 25.5. The Morgan fingerprint density at radius 1 is 1.29 bits per heavy atom. The standard InChI is InChI=1S/C17H23N5O2/c1-12(16(23)18-3)11-21(4)17(24)19-14-7-5-6-8-15(14)22-10-9-13(2)20-22/h5-10,12H,11H2,1-4H3,(H,18,23)(H,19,24)/t12-/m1/s1. The molecule has 0 radical (unpaired) electrons. The van der Waals surface area contributed by atoms with Crippen molar-refractivity contribution in [2.75, 3.05) is 26.0 Å². The van der Waals surface area contributed by atoms with Crippen molar-refractivity contribution in [3.05, 3.63) is 42.2 Å². The monoisotopic (exact) mass is 329 g/mol. The van der Waals surface area contributed by atoms with Crippen molar-refractivity contribution in [1.29, 1.82) is 0 Å². The highest BCUT2D eigenvalue weighted by atomic mass is 16.2. The summed E-state index contributed by atoms with van der Waals surface area (Å²) in [5.74, 6) is -0.378. The molecule has 0 spiro atoms. The number of nitrogens with zero attached hydrogens (tertiary/aromatic N) is 3. The molecule has 1 aromatic heterocycles. The van der Waals surface area contributed by atoms with E-state index in [1.165, 1.54) is 4.90 Å². The zero-order valence-corrected chi connectivity index (χ0v) is 14.4. The Labute approximate surface area is 141 Å². The van der Waals surface area contributed by atoms with Gasteiger partial charge in [0.05, 0.1) is 23.0 Å². The lowest BCUT2D eigenvalue weighted by Gasteiger charge is -2.22. The van der Waals surface area contributed by atoms with Crippen LogP contribution in [0.5, 0.6) is 0 Å². The molecule has 0 unspecified atom stereocenters. The molecule has 0 saturated heterocycles. The zero-order valence-electron chi connectivity index (χ0n) is 14.4. The van der Waals surface area contributed by atoms with Crippen molar-refractivity contribution in [1.82, 2.24) is 20.0 Å². The Morgan fingerprint density at radius 2 is 2.00 bits per heavy atom.